The van der Waals surface area contributed by atoms with E-state index >= 15 is 0 Å². The lowest BCUT2D eigenvalue weighted by atomic mass is 10.2. The maximum absolute atomic E-state index is 4.50. The van der Waals surface area contributed by atoms with E-state index in [1.807, 2.05) is 14.0 Å². The van der Waals surface area contributed by atoms with Crippen LogP contribution in [0, 0.1) is 13.8 Å². The Morgan fingerprint density at radius 2 is 2.14 bits per heavy atom. The minimum Gasteiger partial charge on any atom is -0.320 e. The van der Waals surface area contributed by atoms with Gasteiger partial charge in [0, 0.05) is 0 Å². The minimum atomic E-state index is 0.451. The van der Waals surface area contributed by atoms with Crippen LogP contribution in [-0.2, 0) is 0 Å². The maximum Gasteiger partial charge on any atom is 0.0738 e. The molecule has 1 aromatic heterocycles. The molecule has 1 heterocycles. The Morgan fingerprint density at radius 1 is 1.50 bits per heavy atom. The molecule has 4 heteroatoms. The molecular formula is C10H18BrN3. The Morgan fingerprint density at radius 3 is 2.57 bits per heavy atom. The molecule has 0 aliphatic carbocycles. The second kappa shape index (κ2) is 4.94. The van der Waals surface area contributed by atoms with Gasteiger partial charge in [0.2, 0.25) is 0 Å². The zero-order valence-corrected chi connectivity index (χ0v) is 10.8. The lowest BCUT2D eigenvalue weighted by molar-refractivity contribution is 0.441. The first-order valence-electron chi connectivity index (χ1n) is 4.93. The van der Waals surface area contributed by atoms with Gasteiger partial charge in [-0.2, -0.15) is 5.10 Å². The van der Waals surface area contributed by atoms with Crippen LogP contribution in [0.15, 0.2) is 4.47 Å². The van der Waals surface area contributed by atoms with Gasteiger partial charge in [0.1, 0.15) is 0 Å². The highest BCUT2D eigenvalue weighted by molar-refractivity contribution is 9.10. The van der Waals surface area contributed by atoms with Crippen LogP contribution in [0.2, 0.25) is 0 Å². The van der Waals surface area contributed by atoms with E-state index in [2.05, 4.69) is 44.9 Å². The van der Waals surface area contributed by atoms with Crippen molar-refractivity contribution in [1.29, 1.82) is 0 Å². The normalized spacial score (nSPS) is 13.2. The van der Waals surface area contributed by atoms with Crippen molar-refractivity contribution >= 4 is 15.9 Å². The fourth-order valence-electron chi connectivity index (χ4n) is 1.55. The molecule has 0 radical (unpaired) electrons. The summed E-state index contributed by atoms with van der Waals surface area (Å²) in [6.45, 7) is 7.35. The smallest absolute Gasteiger partial charge is 0.0738 e. The number of nitrogens with zero attached hydrogens (tertiary/aromatic N) is 2. The molecule has 1 unspecified atom stereocenters. The summed E-state index contributed by atoms with van der Waals surface area (Å²) in [5, 5.41) is 7.66. The highest BCUT2D eigenvalue weighted by Gasteiger charge is 2.13. The van der Waals surface area contributed by atoms with E-state index in [4.69, 9.17) is 0 Å². The summed E-state index contributed by atoms with van der Waals surface area (Å²) in [7, 11) is 1.98. The van der Waals surface area contributed by atoms with Crippen molar-refractivity contribution in [3.63, 3.8) is 0 Å². The van der Waals surface area contributed by atoms with Crippen molar-refractivity contribution in [2.45, 2.75) is 33.2 Å². The monoisotopic (exact) mass is 259 g/mol. The predicted octanol–water partition coefficient (Wildman–Crippen LogP) is 2.43. The molecular weight excluding hydrogens is 242 g/mol. The Hall–Kier alpha value is -0.350. The van der Waals surface area contributed by atoms with Crippen molar-refractivity contribution in [1.82, 2.24) is 15.1 Å². The van der Waals surface area contributed by atoms with E-state index in [1.165, 1.54) is 5.69 Å². The third-order valence-corrected chi connectivity index (χ3v) is 3.61. The summed E-state index contributed by atoms with van der Waals surface area (Å²) in [4.78, 5) is 0. The van der Waals surface area contributed by atoms with Gasteiger partial charge < -0.3 is 5.32 Å². The first-order valence-corrected chi connectivity index (χ1v) is 5.73. The van der Waals surface area contributed by atoms with Crippen LogP contribution in [0.25, 0.3) is 0 Å². The summed E-state index contributed by atoms with van der Waals surface area (Å²) >= 11 is 3.54. The molecule has 1 N–H and O–H groups in total. The quantitative estimate of drug-likeness (QED) is 0.901. The van der Waals surface area contributed by atoms with Crippen LogP contribution in [0.4, 0.5) is 0 Å². The number of aromatic nitrogens is 2. The highest BCUT2D eigenvalue weighted by atomic mass is 79.9. The molecule has 0 aromatic carbocycles. The van der Waals surface area contributed by atoms with Crippen LogP contribution in [-0.4, -0.2) is 23.4 Å². The van der Waals surface area contributed by atoms with Gasteiger partial charge in [0.15, 0.2) is 0 Å². The Balaban J connectivity index is 2.79. The second-order valence-electron chi connectivity index (χ2n) is 3.67. The Labute approximate surface area is 94.0 Å². The van der Waals surface area contributed by atoms with Gasteiger partial charge in [-0.15, -0.1) is 0 Å². The number of halogens is 1. The fourth-order valence-corrected chi connectivity index (χ4v) is 1.81. The average Bonchev–Trinajstić information content (AvgIpc) is 2.42. The molecule has 0 aliphatic rings. The zero-order chi connectivity index (χ0) is 10.7. The molecule has 0 spiro atoms. The molecule has 3 nitrogen and oxygen atoms in total. The van der Waals surface area contributed by atoms with Gasteiger partial charge in [0.05, 0.1) is 21.9 Å². The fraction of sp³-hybridized carbons (Fsp3) is 0.700. The molecule has 0 aliphatic heterocycles. The first-order chi connectivity index (χ1) is 6.57. The molecule has 1 atom stereocenters. The maximum atomic E-state index is 4.50. The Kier molecular flexibility index (Phi) is 4.13. The van der Waals surface area contributed by atoms with E-state index < -0.39 is 0 Å². The highest BCUT2D eigenvalue weighted by Crippen LogP contribution is 2.23. The molecule has 0 amide bonds. The summed E-state index contributed by atoms with van der Waals surface area (Å²) in [6.07, 6.45) is 1.10. The van der Waals surface area contributed by atoms with Crippen LogP contribution >= 0.6 is 15.9 Å². The van der Waals surface area contributed by atoms with Gasteiger partial charge in [-0.25, -0.2) is 0 Å². The number of nitrogens with one attached hydrogen (secondary N) is 1. The molecule has 1 aromatic rings. The van der Waals surface area contributed by atoms with Crippen LogP contribution in [0.5, 0.6) is 0 Å². The van der Waals surface area contributed by atoms with Gasteiger partial charge in [-0.05, 0) is 56.7 Å². The van der Waals surface area contributed by atoms with Crippen LogP contribution in [0.1, 0.15) is 30.8 Å². The van der Waals surface area contributed by atoms with Crippen molar-refractivity contribution in [3.05, 3.63) is 15.9 Å². The van der Waals surface area contributed by atoms with E-state index in [0.29, 0.717) is 6.04 Å². The number of hydrogen-bond acceptors (Lipinski definition) is 2. The van der Waals surface area contributed by atoms with Crippen molar-refractivity contribution in [2.75, 3.05) is 13.6 Å². The van der Waals surface area contributed by atoms with Crippen LogP contribution < -0.4 is 5.32 Å². The van der Waals surface area contributed by atoms with Crippen molar-refractivity contribution in [2.24, 2.45) is 0 Å². The van der Waals surface area contributed by atoms with E-state index in [0.717, 1.165) is 23.1 Å². The Bertz CT molecular complexity index is 307. The third kappa shape index (κ3) is 2.36. The van der Waals surface area contributed by atoms with Gasteiger partial charge in [0.25, 0.3) is 0 Å². The number of aryl methyl sites for hydroxylation is 1. The van der Waals surface area contributed by atoms with Crippen molar-refractivity contribution < 1.29 is 0 Å². The lowest BCUT2D eigenvalue weighted by Gasteiger charge is -2.13. The van der Waals surface area contributed by atoms with E-state index in [1.54, 1.807) is 0 Å². The van der Waals surface area contributed by atoms with Gasteiger partial charge in [-0.1, -0.05) is 0 Å². The topological polar surface area (TPSA) is 29.9 Å². The van der Waals surface area contributed by atoms with Gasteiger partial charge in [-0.3, -0.25) is 4.68 Å². The first kappa shape index (κ1) is 11.7. The zero-order valence-electron chi connectivity index (χ0n) is 9.26. The summed E-state index contributed by atoms with van der Waals surface area (Å²) in [5.41, 5.74) is 2.28. The predicted molar refractivity (Wildman–Crippen MR) is 62.7 cm³/mol. The number of hydrogen-bond donors (Lipinski definition) is 1. The van der Waals surface area contributed by atoms with Crippen molar-refractivity contribution in [3.8, 4) is 0 Å². The number of rotatable bonds is 4. The molecule has 0 bridgehead atoms. The summed E-state index contributed by atoms with van der Waals surface area (Å²) < 4.78 is 3.23. The van der Waals surface area contributed by atoms with Crippen LogP contribution in [0.3, 0.4) is 0 Å². The SMILES string of the molecule is CNCCC(C)n1nc(C)c(Br)c1C. The van der Waals surface area contributed by atoms with E-state index in [-0.39, 0.29) is 0 Å². The molecule has 14 heavy (non-hydrogen) atoms. The minimum absolute atomic E-state index is 0.451. The van der Waals surface area contributed by atoms with Gasteiger partial charge >= 0.3 is 0 Å². The molecule has 0 saturated heterocycles. The van der Waals surface area contributed by atoms with E-state index in [9.17, 15) is 0 Å². The lowest BCUT2D eigenvalue weighted by Crippen LogP contribution is -2.16. The summed E-state index contributed by atoms with van der Waals surface area (Å²) in [6, 6.07) is 0.451. The average molecular weight is 260 g/mol. The largest absolute Gasteiger partial charge is 0.320 e. The molecule has 80 valence electrons. The third-order valence-electron chi connectivity index (χ3n) is 2.47. The molecule has 1 rings (SSSR count). The molecule has 0 fully saturated rings. The second-order valence-corrected chi connectivity index (χ2v) is 4.46. The summed E-state index contributed by atoms with van der Waals surface area (Å²) in [5.74, 6) is 0. The standard InChI is InChI=1S/C10H18BrN3/c1-7(5-6-12-4)14-9(3)10(11)8(2)13-14/h7,12H,5-6H2,1-4H3. The molecule has 0 saturated carbocycles.